The Morgan fingerprint density at radius 2 is 2.27 bits per heavy atom. The molecule has 1 aliphatic heterocycles. The monoisotopic (exact) mass is 224 g/mol. The fourth-order valence-electron chi connectivity index (χ4n) is 1.73. The molecule has 0 aromatic carbocycles. The summed E-state index contributed by atoms with van der Waals surface area (Å²) < 4.78 is 6.87. The Kier molecular flexibility index (Phi) is 1.87. The molecule has 1 fully saturated rings. The molecule has 1 aliphatic rings. The molecule has 15 heavy (non-hydrogen) atoms. The van der Waals surface area contributed by atoms with Gasteiger partial charge < -0.3 is 14.4 Å². The number of aromatic nitrogens is 2. The van der Waals surface area contributed by atoms with Gasteiger partial charge in [-0.3, -0.25) is 0 Å². The van der Waals surface area contributed by atoms with Crippen LogP contribution in [0.4, 0.5) is 0 Å². The molecule has 5 heteroatoms. The molecule has 1 N–H and O–H groups in total. The second-order valence-corrected chi connectivity index (χ2v) is 4.01. The highest BCUT2D eigenvalue weighted by Gasteiger charge is 2.24. The Morgan fingerprint density at radius 3 is 2.93 bits per heavy atom. The van der Waals surface area contributed by atoms with E-state index in [1.807, 2.05) is 6.20 Å². The smallest absolute Gasteiger partial charge is 0.201 e. The number of hydrogen-bond acceptors (Lipinski definition) is 3. The third-order valence-corrected chi connectivity index (χ3v) is 2.86. The van der Waals surface area contributed by atoms with Gasteiger partial charge in [0.1, 0.15) is 5.15 Å². The van der Waals surface area contributed by atoms with Crippen LogP contribution in [0, 0.1) is 0 Å². The molecule has 78 valence electrons. The molecular weight excluding hydrogens is 216 g/mol. The van der Waals surface area contributed by atoms with Gasteiger partial charge in [-0.25, -0.2) is 4.98 Å². The zero-order valence-electron chi connectivity index (χ0n) is 7.85. The number of nitrogens with zero attached hydrogens (tertiary/aromatic N) is 2. The van der Waals surface area contributed by atoms with Crippen molar-refractivity contribution in [1.82, 2.24) is 9.55 Å². The number of pyridine rings is 1. The minimum Gasteiger partial charge on any atom is -0.494 e. The normalized spacial score (nSPS) is 16.9. The predicted octanol–water partition coefficient (Wildman–Crippen LogP) is 1.97. The molecule has 0 bridgehead atoms. The molecule has 3 heterocycles. The fraction of sp³-hybridized carbons (Fsp3) is 0.300. The first kappa shape index (κ1) is 9.00. The van der Waals surface area contributed by atoms with Crippen LogP contribution in [-0.4, -0.2) is 27.9 Å². The largest absolute Gasteiger partial charge is 0.494 e. The van der Waals surface area contributed by atoms with Gasteiger partial charge in [0.2, 0.25) is 5.88 Å². The zero-order valence-corrected chi connectivity index (χ0v) is 8.61. The van der Waals surface area contributed by atoms with E-state index in [9.17, 15) is 5.11 Å². The lowest BCUT2D eigenvalue weighted by molar-refractivity contribution is -0.0255. The lowest BCUT2D eigenvalue weighted by Crippen LogP contribution is -2.29. The lowest BCUT2D eigenvalue weighted by Gasteiger charge is -2.27. The topological polar surface area (TPSA) is 47.3 Å². The molecule has 0 saturated carbocycles. The molecule has 2 aromatic rings. The molecule has 2 aromatic heterocycles. The molecule has 0 atom stereocenters. The van der Waals surface area contributed by atoms with Crippen LogP contribution in [0.2, 0.25) is 5.15 Å². The van der Waals surface area contributed by atoms with Crippen LogP contribution in [0.15, 0.2) is 18.3 Å². The second kappa shape index (κ2) is 3.12. The maximum Gasteiger partial charge on any atom is 0.201 e. The first-order valence-electron chi connectivity index (χ1n) is 4.69. The lowest BCUT2D eigenvalue weighted by atomic mass is 10.2. The third kappa shape index (κ3) is 1.29. The molecule has 4 nitrogen and oxygen atoms in total. The van der Waals surface area contributed by atoms with E-state index in [-0.39, 0.29) is 11.9 Å². The van der Waals surface area contributed by atoms with Gasteiger partial charge in [0, 0.05) is 6.20 Å². The molecule has 3 rings (SSSR count). The van der Waals surface area contributed by atoms with Crippen LogP contribution >= 0.6 is 11.6 Å². The van der Waals surface area contributed by atoms with Crippen molar-refractivity contribution in [2.45, 2.75) is 6.04 Å². The van der Waals surface area contributed by atoms with Crippen molar-refractivity contribution in [2.24, 2.45) is 0 Å². The average Bonchev–Trinajstić information content (AvgIpc) is 2.41. The van der Waals surface area contributed by atoms with Gasteiger partial charge in [0.05, 0.1) is 30.2 Å². The van der Waals surface area contributed by atoms with E-state index in [0.29, 0.717) is 23.9 Å². The molecule has 0 spiro atoms. The summed E-state index contributed by atoms with van der Waals surface area (Å²) in [7, 11) is 0. The Bertz CT molecular complexity index is 519. The van der Waals surface area contributed by atoms with E-state index in [2.05, 4.69) is 4.98 Å². The number of fused-ring (bicyclic) bond motifs is 1. The van der Waals surface area contributed by atoms with E-state index in [4.69, 9.17) is 16.3 Å². The summed E-state index contributed by atoms with van der Waals surface area (Å²) in [4.78, 5) is 4.14. The van der Waals surface area contributed by atoms with Gasteiger partial charge in [-0.05, 0) is 12.1 Å². The van der Waals surface area contributed by atoms with E-state index >= 15 is 0 Å². The van der Waals surface area contributed by atoms with Gasteiger partial charge in [0.25, 0.3) is 0 Å². The van der Waals surface area contributed by atoms with Gasteiger partial charge in [0.15, 0.2) is 0 Å². The van der Waals surface area contributed by atoms with Gasteiger partial charge in [-0.15, -0.1) is 0 Å². The third-order valence-electron chi connectivity index (χ3n) is 2.65. The highest BCUT2D eigenvalue weighted by molar-refractivity contribution is 6.29. The zero-order chi connectivity index (χ0) is 10.4. The Labute approximate surface area is 91.1 Å². The van der Waals surface area contributed by atoms with Crippen molar-refractivity contribution in [3.63, 3.8) is 0 Å². The van der Waals surface area contributed by atoms with Crippen LogP contribution in [0.5, 0.6) is 5.88 Å². The van der Waals surface area contributed by atoms with E-state index in [0.717, 1.165) is 5.39 Å². The van der Waals surface area contributed by atoms with Crippen molar-refractivity contribution >= 4 is 22.5 Å². The number of rotatable bonds is 1. The summed E-state index contributed by atoms with van der Waals surface area (Å²) in [6.07, 6.45) is 1.81. The first-order chi connectivity index (χ1) is 7.25. The van der Waals surface area contributed by atoms with Crippen molar-refractivity contribution < 1.29 is 9.84 Å². The van der Waals surface area contributed by atoms with Gasteiger partial charge in [-0.1, -0.05) is 11.6 Å². The van der Waals surface area contributed by atoms with Crippen LogP contribution < -0.4 is 0 Å². The van der Waals surface area contributed by atoms with Crippen molar-refractivity contribution in [1.29, 1.82) is 0 Å². The molecule has 1 saturated heterocycles. The maximum absolute atomic E-state index is 9.94. The van der Waals surface area contributed by atoms with Gasteiger partial charge in [-0.2, -0.15) is 0 Å². The quantitative estimate of drug-likeness (QED) is 0.754. The maximum atomic E-state index is 9.94. The molecule has 0 unspecified atom stereocenters. The van der Waals surface area contributed by atoms with Crippen LogP contribution in [0.25, 0.3) is 10.9 Å². The summed E-state index contributed by atoms with van der Waals surface area (Å²) in [5, 5.41) is 11.1. The number of halogens is 1. The molecule has 0 radical (unpaired) electrons. The molecular formula is C10H9ClN2O2. The molecule has 0 amide bonds. The molecule has 0 aliphatic carbocycles. The van der Waals surface area contributed by atoms with Crippen LogP contribution in [0.3, 0.4) is 0 Å². The van der Waals surface area contributed by atoms with E-state index in [1.165, 1.54) is 0 Å². The van der Waals surface area contributed by atoms with E-state index < -0.39 is 0 Å². The Hall–Kier alpha value is -1.26. The van der Waals surface area contributed by atoms with Crippen molar-refractivity contribution in [3.8, 4) is 5.88 Å². The highest BCUT2D eigenvalue weighted by Crippen LogP contribution is 2.32. The summed E-state index contributed by atoms with van der Waals surface area (Å²) in [5.41, 5.74) is 0.715. The van der Waals surface area contributed by atoms with Gasteiger partial charge >= 0.3 is 0 Å². The summed E-state index contributed by atoms with van der Waals surface area (Å²) in [6.45, 7) is 1.28. The minimum absolute atomic E-state index is 0.220. The Morgan fingerprint density at radius 1 is 1.47 bits per heavy atom. The van der Waals surface area contributed by atoms with Crippen molar-refractivity contribution in [2.75, 3.05) is 13.2 Å². The highest BCUT2D eigenvalue weighted by atomic mass is 35.5. The summed E-state index contributed by atoms with van der Waals surface area (Å²) in [6, 6.07) is 3.67. The minimum atomic E-state index is 0.220. The number of ether oxygens (including phenoxy) is 1. The first-order valence-corrected chi connectivity index (χ1v) is 5.07. The van der Waals surface area contributed by atoms with Crippen LogP contribution in [-0.2, 0) is 4.74 Å². The fourth-order valence-corrected chi connectivity index (χ4v) is 1.89. The predicted molar refractivity (Wildman–Crippen MR) is 56.3 cm³/mol. The average molecular weight is 225 g/mol. The number of hydrogen-bond donors (Lipinski definition) is 1. The van der Waals surface area contributed by atoms with E-state index in [1.54, 1.807) is 16.7 Å². The SMILES string of the molecule is Oc1c2ccc(Cl)nc2cn1C1COC1. The number of aromatic hydroxyl groups is 1. The second-order valence-electron chi connectivity index (χ2n) is 3.62. The summed E-state index contributed by atoms with van der Waals surface area (Å²) >= 11 is 5.78. The Balaban J connectivity index is 2.19. The summed E-state index contributed by atoms with van der Waals surface area (Å²) in [5.74, 6) is 0.238. The van der Waals surface area contributed by atoms with Crippen molar-refractivity contribution in [3.05, 3.63) is 23.5 Å². The van der Waals surface area contributed by atoms with Crippen LogP contribution in [0.1, 0.15) is 6.04 Å². The standard InChI is InChI=1S/C10H9ClN2O2/c11-9-2-1-7-8(12-9)3-13(10(7)14)6-4-15-5-6/h1-3,6,14H,4-5H2.